The van der Waals surface area contributed by atoms with Crippen LogP contribution in [0.25, 0.3) is 0 Å². The van der Waals surface area contributed by atoms with Crippen LogP contribution < -0.4 is 0 Å². The highest BCUT2D eigenvalue weighted by atomic mass is 14.1. The maximum absolute atomic E-state index is 2.28. The van der Waals surface area contributed by atoms with Crippen LogP contribution in [0.5, 0.6) is 0 Å². The second kappa shape index (κ2) is 4.79. The van der Waals surface area contributed by atoms with E-state index in [2.05, 4.69) is 67.6 Å². The molecular weight excluding hydrogens is 180 g/mol. The zero-order chi connectivity index (χ0) is 10.5. The van der Waals surface area contributed by atoms with Crippen LogP contribution >= 0.6 is 0 Å². The summed E-state index contributed by atoms with van der Waals surface area (Å²) in [5.41, 5.74) is 2.83. The fourth-order valence-electron chi connectivity index (χ4n) is 1.87. The Morgan fingerprint density at radius 2 is 1.33 bits per heavy atom. The summed E-state index contributed by atoms with van der Waals surface area (Å²) < 4.78 is 0. The van der Waals surface area contributed by atoms with Crippen LogP contribution in [0.3, 0.4) is 0 Å². The van der Waals surface area contributed by atoms with E-state index in [4.69, 9.17) is 0 Å². The normalized spacial score (nSPS) is 12.3. The van der Waals surface area contributed by atoms with E-state index in [-0.39, 0.29) is 0 Å². The molecular formula is C15H16. The third-order valence-electron chi connectivity index (χ3n) is 2.75. The van der Waals surface area contributed by atoms with Gasteiger partial charge in [-0.1, -0.05) is 67.6 Å². The van der Waals surface area contributed by atoms with E-state index < -0.39 is 0 Å². The van der Waals surface area contributed by atoms with Crippen molar-refractivity contribution in [3.63, 3.8) is 0 Å². The van der Waals surface area contributed by atoms with Gasteiger partial charge in [0.25, 0.3) is 0 Å². The topological polar surface area (TPSA) is 0 Å². The molecule has 0 aliphatic carbocycles. The molecule has 15 heavy (non-hydrogen) atoms. The Kier molecular flexibility index (Phi) is 3.18. The SMILES string of the molecule is C[C@H](Cc1ccccc1)c1ccccc1. The first kappa shape index (κ1) is 9.97. The lowest BCUT2D eigenvalue weighted by Gasteiger charge is -2.11. The molecule has 0 heteroatoms. The van der Waals surface area contributed by atoms with Crippen molar-refractivity contribution < 1.29 is 0 Å². The first-order valence-corrected chi connectivity index (χ1v) is 5.45. The molecule has 1 atom stereocenters. The van der Waals surface area contributed by atoms with Gasteiger partial charge in [-0.25, -0.2) is 0 Å². The fourth-order valence-corrected chi connectivity index (χ4v) is 1.87. The summed E-state index contributed by atoms with van der Waals surface area (Å²) in [5, 5.41) is 0. The lowest BCUT2D eigenvalue weighted by Crippen LogP contribution is -1.97. The van der Waals surface area contributed by atoms with Gasteiger partial charge in [0.05, 0.1) is 0 Å². The summed E-state index contributed by atoms with van der Waals surface area (Å²) >= 11 is 0. The Bertz CT molecular complexity index is 389. The number of benzene rings is 2. The summed E-state index contributed by atoms with van der Waals surface area (Å²) in [6.07, 6.45) is 1.12. The van der Waals surface area contributed by atoms with Crippen LogP contribution in [0, 0.1) is 0 Å². The van der Waals surface area contributed by atoms with Gasteiger partial charge in [-0.3, -0.25) is 0 Å². The van der Waals surface area contributed by atoms with Gasteiger partial charge >= 0.3 is 0 Å². The van der Waals surface area contributed by atoms with Gasteiger partial charge in [0, 0.05) is 0 Å². The summed E-state index contributed by atoms with van der Waals surface area (Å²) in [4.78, 5) is 0. The van der Waals surface area contributed by atoms with Crippen molar-refractivity contribution in [2.45, 2.75) is 19.3 Å². The minimum Gasteiger partial charge on any atom is -0.0622 e. The lowest BCUT2D eigenvalue weighted by molar-refractivity contribution is 0.759. The summed E-state index contributed by atoms with van der Waals surface area (Å²) in [5.74, 6) is 0.591. The molecule has 0 heterocycles. The monoisotopic (exact) mass is 196 g/mol. The van der Waals surface area contributed by atoms with Crippen molar-refractivity contribution in [3.05, 3.63) is 71.8 Å². The average molecular weight is 196 g/mol. The summed E-state index contributed by atoms with van der Waals surface area (Å²) in [7, 11) is 0. The first-order valence-electron chi connectivity index (χ1n) is 5.45. The molecule has 0 unspecified atom stereocenters. The lowest BCUT2D eigenvalue weighted by atomic mass is 9.94. The van der Waals surface area contributed by atoms with E-state index in [1.807, 2.05) is 0 Å². The first-order chi connectivity index (χ1) is 7.36. The number of hydrogen-bond acceptors (Lipinski definition) is 0. The van der Waals surface area contributed by atoms with E-state index in [1.54, 1.807) is 0 Å². The Balaban J connectivity index is 2.08. The van der Waals surface area contributed by atoms with E-state index in [0.717, 1.165) is 6.42 Å². The quantitative estimate of drug-likeness (QED) is 0.695. The van der Waals surface area contributed by atoms with Crippen LogP contribution in [0.15, 0.2) is 60.7 Å². The molecule has 0 aliphatic heterocycles. The van der Waals surface area contributed by atoms with Crippen molar-refractivity contribution in [1.82, 2.24) is 0 Å². The van der Waals surface area contributed by atoms with Gasteiger partial charge < -0.3 is 0 Å². The fraction of sp³-hybridized carbons (Fsp3) is 0.200. The zero-order valence-electron chi connectivity index (χ0n) is 9.06. The van der Waals surface area contributed by atoms with E-state index in [9.17, 15) is 0 Å². The number of hydrogen-bond donors (Lipinski definition) is 0. The van der Waals surface area contributed by atoms with Gasteiger partial charge in [-0.2, -0.15) is 0 Å². The van der Waals surface area contributed by atoms with Crippen LogP contribution in [-0.4, -0.2) is 0 Å². The molecule has 0 fully saturated rings. The van der Waals surface area contributed by atoms with Crippen molar-refractivity contribution in [2.75, 3.05) is 0 Å². The van der Waals surface area contributed by atoms with Crippen LogP contribution in [0.4, 0.5) is 0 Å². The minimum absolute atomic E-state index is 0.591. The molecule has 0 N–H and O–H groups in total. The predicted octanol–water partition coefficient (Wildman–Crippen LogP) is 4.03. The highest BCUT2D eigenvalue weighted by molar-refractivity contribution is 5.23. The van der Waals surface area contributed by atoms with E-state index >= 15 is 0 Å². The largest absolute Gasteiger partial charge is 0.0622 e. The highest BCUT2D eigenvalue weighted by Crippen LogP contribution is 2.19. The molecule has 0 bridgehead atoms. The third kappa shape index (κ3) is 2.69. The Labute approximate surface area is 91.6 Å². The summed E-state index contributed by atoms with van der Waals surface area (Å²) in [6.45, 7) is 2.28. The van der Waals surface area contributed by atoms with E-state index in [1.165, 1.54) is 11.1 Å². The molecule has 0 spiro atoms. The van der Waals surface area contributed by atoms with Crippen molar-refractivity contribution in [3.8, 4) is 0 Å². The highest BCUT2D eigenvalue weighted by Gasteiger charge is 2.04. The summed E-state index contributed by atoms with van der Waals surface area (Å²) in [6, 6.07) is 21.4. The van der Waals surface area contributed by atoms with Gasteiger partial charge in [0.2, 0.25) is 0 Å². The third-order valence-corrected chi connectivity index (χ3v) is 2.75. The Morgan fingerprint density at radius 3 is 1.93 bits per heavy atom. The molecule has 0 nitrogen and oxygen atoms in total. The molecule has 2 aromatic carbocycles. The van der Waals surface area contributed by atoms with E-state index in [0.29, 0.717) is 5.92 Å². The van der Waals surface area contributed by atoms with Gasteiger partial charge in [-0.15, -0.1) is 0 Å². The molecule has 0 radical (unpaired) electrons. The molecule has 0 aromatic heterocycles. The minimum atomic E-state index is 0.591. The molecule has 2 rings (SSSR count). The molecule has 0 saturated carbocycles. The Morgan fingerprint density at radius 1 is 0.800 bits per heavy atom. The van der Waals surface area contributed by atoms with Crippen molar-refractivity contribution in [1.29, 1.82) is 0 Å². The van der Waals surface area contributed by atoms with Crippen molar-refractivity contribution in [2.24, 2.45) is 0 Å². The smallest absolute Gasteiger partial charge is 0.0150 e. The van der Waals surface area contributed by atoms with Crippen LogP contribution in [0.1, 0.15) is 24.0 Å². The van der Waals surface area contributed by atoms with Gasteiger partial charge in [0.15, 0.2) is 0 Å². The average Bonchev–Trinajstić information content (AvgIpc) is 2.31. The van der Waals surface area contributed by atoms with Gasteiger partial charge in [0.1, 0.15) is 0 Å². The maximum atomic E-state index is 2.28. The zero-order valence-corrected chi connectivity index (χ0v) is 9.06. The number of rotatable bonds is 3. The van der Waals surface area contributed by atoms with Gasteiger partial charge in [-0.05, 0) is 23.5 Å². The molecule has 0 aliphatic rings. The molecule has 0 saturated heterocycles. The van der Waals surface area contributed by atoms with Crippen molar-refractivity contribution >= 4 is 0 Å². The van der Waals surface area contributed by atoms with Crippen LogP contribution in [-0.2, 0) is 6.42 Å². The second-order valence-corrected chi connectivity index (χ2v) is 4.00. The Hall–Kier alpha value is -1.56. The molecule has 0 amide bonds. The molecule has 2 aromatic rings. The van der Waals surface area contributed by atoms with Crippen LogP contribution in [0.2, 0.25) is 0 Å². The molecule has 76 valence electrons. The maximum Gasteiger partial charge on any atom is -0.0150 e. The predicted molar refractivity (Wildman–Crippen MR) is 65.0 cm³/mol. The second-order valence-electron chi connectivity index (χ2n) is 4.00. The standard InChI is InChI=1S/C15H16/c1-13(15-10-6-3-7-11-15)12-14-8-4-2-5-9-14/h2-11,13H,12H2,1H3/t13-/m1/s1.